The van der Waals surface area contributed by atoms with Gasteiger partial charge in [-0.15, -0.1) is 11.8 Å². The van der Waals surface area contributed by atoms with Gasteiger partial charge in [-0.3, -0.25) is 4.79 Å². The van der Waals surface area contributed by atoms with E-state index in [0.717, 1.165) is 16.3 Å². The van der Waals surface area contributed by atoms with Crippen molar-refractivity contribution in [1.82, 2.24) is 15.2 Å². The first-order chi connectivity index (χ1) is 13.6. The fourth-order valence-electron chi connectivity index (χ4n) is 3.53. The van der Waals surface area contributed by atoms with Crippen LogP contribution in [-0.4, -0.2) is 48.8 Å². The summed E-state index contributed by atoms with van der Waals surface area (Å²) in [6, 6.07) is 11.8. The second-order valence-corrected chi connectivity index (χ2v) is 8.63. The van der Waals surface area contributed by atoms with E-state index in [1.165, 1.54) is 25.7 Å². The average Bonchev–Trinajstić information content (AvgIpc) is 3.21. The molecule has 1 aliphatic carbocycles. The standard InChI is InChI=1S/C22H29N3O2S/c1-25(2)20(16-10-12-17(27-3)13-11-16)15-24-21(26)19-9-6-14-23-22(19)28-18-7-4-5-8-18/h6,9-14,18,20H,4-5,7-8,15H2,1-3H3,(H,24,26). The van der Waals surface area contributed by atoms with Gasteiger partial charge in [0.05, 0.1) is 18.7 Å². The molecule has 5 nitrogen and oxygen atoms in total. The number of hydrogen-bond donors (Lipinski definition) is 1. The Hall–Kier alpha value is -2.05. The number of aromatic nitrogens is 1. The summed E-state index contributed by atoms with van der Waals surface area (Å²) in [5.74, 6) is 0.767. The molecular formula is C22H29N3O2S. The van der Waals surface area contributed by atoms with Crippen molar-refractivity contribution in [2.75, 3.05) is 27.7 Å². The monoisotopic (exact) mass is 399 g/mol. The number of nitrogens with one attached hydrogen (secondary N) is 1. The third-order valence-electron chi connectivity index (χ3n) is 5.18. The zero-order valence-corrected chi connectivity index (χ0v) is 17.7. The van der Waals surface area contributed by atoms with Gasteiger partial charge in [-0.2, -0.15) is 0 Å². The molecule has 1 heterocycles. The number of amides is 1. The van der Waals surface area contributed by atoms with Crippen molar-refractivity contribution in [2.45, 2.75) is 42.0 Å². The highest BCUT2D eigenvalue weighted by atomic mass is 32.2. The fraction of sp³-hybridized carbons (Fsp3) is 0.455. The average molecular weight is 400 g/mol. The molecule has 1 saturated carbocycles. The van der Waals surface area contributed by atoms with Crippen LogP contribution in [0.5, 0.6) is 5.75 Å². The molecule has 1 unspecified atom stereocenters. The molecule has 2 aromatic rings. The van der Waals surface area contributed by atoms with Crippen molar-refractivity contribution in [2.24, 2.45) is 0 Å². The number of nitrogens with zero attached hydrogens (tertiary/aromatic N) is 2. The summed E-state index contributed by atoms with van der Waals surface area (Å²) in [4.78, 5) is 19.5. The molecule has 0 radical (unpaired) electrons. The van der Waals surface area contributed by atoms with Gasteiger partial charge in [-0.25, -0.2) is 4.98 Å². The lowest BCUT2D eigenvalue weighted by Crippen LogP contribution is -2.34. The maximum absolute atomic E-state index is 12.9. The Bertz CT molecular complexity index is 774. The van der Waals surface area contributed by atoms with Gasteiger partial charge in [0.25, 0.3) is 5.91 Å². The zero-order chi connectivity index (χ0) is 19.9. The van der Waals surface area contributed by atoms with Gasteiger partial charge in [0, 0.05) is 18.0 Å². The fourth-order valence-corrected chi connectivity index (χ4v) is 4.83. The van der Waals surface area contributed by atoms with Gasteiger partial charge in [-0.05, 0) is 56.8 Å². The molecule has 1 fully saturated rings. The molecule has 150 valence electrons. The third kappa shape index (κ3) is 5.26. The highest BCUT2D eigenvalue weighted by Crippen LogP contribution is 2.35. The summed E-state index contributed by atoms with van der Waals surface area (Å²) in [6.07, 6.45) is 6.75. The summed E-state index contributed by atoms with van der Waals surface area (Å²) in [5, 5.41) is 4.53. The number of carbonyl (C=O) groups is 1. The van der Waals surface area contributed by atoms with Crippen LogP contribution in [-0.2, 0) is 0 Å². The van der Waals surface area contributed by atoms with E-state index < -0.39 is 0 Å². The van der Waals surface area contributed by atoms with Crippen molar-refractivity contribution < 1.29 is 9.53 Å². The highest BCUT2D eigenvalue weighted by molar-refractivity contribution is 7.99. The van der Waals surface area contributed by atoms with E-state index in [1.807, 2.05) is 50.5 Å². The molecule has 1 aliphatic rings. The van der Waals surface area contributed by atoms with Gasteiger partial charge < -0.3 is 15.0 Å². The van der Waals surface area contributed by atoms with Crippen LogP contribution < -0.4 is 10.1 Å². The maximum atomic E-state index is 12.9. The summed E-state index contributed by atoms with van der Waals surface area (Å²) in [6.45, 7) is 0.528. The van der Waals surface area contributed by atoms with E-state index in [4.69, 9.17) is 4.74 Å². The van der Waals surface area contributed by atoms with Gasteiger partial charge >= 0.3 is 0 Å². The van der Waals surface area contributed by atoms with Gasteiger partial charge in [0.15, 0.2) is 0 Å². The van der Waals surface area contributed by atoms with Gasteiger partial charge in [-0.1, -0.05) is 25.0 Å². The first kappa shape index (κ1) is 20.7. The molecule has 1 N–H and O–H groups in total. The lowest BCUT2D eigenvalue weighted by atomic mass is 10.1. The summed E-state index contributed by atoms with van der Waals surface area (Å²) in [5.41, 5.74) is 1.81. The van der Waals surface area contributed by atoms with Crippen LogP contribution in [0.3, 0.4) is 0 Å². The number of rotatable bonds is 8. The lowest BCUT2D eigenvalue weighted by Gasteiger charge is -2.25. The van der Waals surface area contributed by atoms with Crippen LogP contribution in [0.25, 0.3) is 0 Å². The number of thioether (sulfide) groups is 1. The number of hydrogen-bond acceptors (Lipinski definition) is 5. The smallest absolute Gasteiger partial charge is 0.254 e. The van der Waals surface area contributed by atoms with E-state index in [0.29, 0.717) is 17.4 Å². The van der Waals surface area contributed by atoms with E-state index in [9.17, 15) is 4.79 Å². The van der Waals surface area contributed by atoms with Crippen molar-refractivity contribution in [3.05, 3.63) is 53.7 Å². The minimum atomic E-state index is -0.0611. The van der Waals surface area contributed by atoms with Gasteiger partial charge in [0.2, 0.25) is 0 Å². The van der Waals surface area contributed by atoms with Crippen LogP contribution in [0.1, 0.15) is 47.6 Å². The molecule has 1 aromatic carbocycles. The minimum absolute atomic E-state index is 0.0611. The van der Waals surface area contributed by atoms with E-state index >= 15 is 0 Å². The predicted octanol–water partition coefficient (Wildman–Crippen LogP) is 4.16. The number of pyridine rings is 1. The lowest BCUT2D eigenvalue weighted by molar-refractivity contribution is 0.0938. The Kier molecular flexibility index (Phi) is 7.34. The predicted molar refractivity (Wildman–Crippen MR) is 114 cm³/mol. The molecule has 0 spiro atoms. The van der Waals surface area contributed by atoms with Crippen molar-refractivity contribution >= 4 is 17.7 Å². The molecule has 28 heavy (non-hydrogen) atoms. The number of benzene rings is 1. The Morgan fingerprint density at radius 3 is 2.61 bits per heavy atom. The SMILES string of the molecule is COc1ccc(C(CNC(=O)c2cccnc2SC2CCCC2)N(C)C)cc1. The number of carbonyl (C=O) groups excluding carboxylic acids is 1. The Labute approximate surface area is 171 Å². The topological polar surface area (TPSA) is 54.5 Å². The first-order valence-electron chi connectivity index (χ1n) is 9.78. The maximum Gasteiger partial charge on any atom is 0.254 e. The van der Waals surface area contributed by atoms with Crippen molar-refractivity contribution in [1.29, 1.82) is 0 Å². The summed E-state index contributed by atoms with van der Waals surface area (Å²) >= 11 is 1.75. The molecule has 6 heteroatoms. The molecule has 1 atom stereocenters. The highest BCUT2D eigenvalue weighted by Gasteiger charge is 2.22. The summed E-state index contributed by atoms with van der Waals surface area (Å²) < 4.78 is 5.24. The second-order valence-electron chi connectivity index (χ2n) is 7.34. The van der Waals surface area contributed by atoms with Crippen molar-refractivity contribution in [3.8, 4) is 5.75 Å². The van der Waals surface area contributed by atoms with Crippen LogP contribution in [0.4, 0.5) is 0 Å². The molecular weight excluding hydrogens is 370 g/mol. The zero-order valence-electron chi connectivity index (χ0n) is 16.9. The summed E-state index contributed by atoms with van der Waals surface area (Å²) in [7, 11) is 5.70. The Morgan fingerprint density at radius 1 is 1.25 bits per heavy atom. The van der Waals surface area contributed by atoms with Crippen LogP contribution in [0.15, 0.2) is 47.6 Å². The molecule has 1 aromatic heterocycles. The largest absolute Gasteiger partial charge is 0.497 e. The quantitative estimate of drug-likeness (QED) is 0.722. The van der Waals surface area contributed by atoms with Crippen LogP contribution in [0.2, 0.25) is 0 Å². The number of methoxy groups -OCH3 is 1. The third-order valence-corrected chi connectivity index (χ3v) is 6.53. The number of ether oxygens (including phenoxy) is 1. The van der Waals surface area contributed by atoms with Crippen LogP contribution in [0, 0.1) is 0 Å². The first-order valence-corrected chi connectivity index (χ1v) is 10.7. The van der Waals surface area contributed by atoms with Gasteiger partial charge in [0.1, 0.15) is 10.8 Å². The molecule has 3 rings (SSSR count). The normalized spacial score (nSPS) is 15.6. The Morgan fingerprint density at radius 2 is 1.96 bits per heavy atom. The van der Waals surface area contributed by atoms with Crippen LogP contribution >= 0.6 is 11.8 Å². The van der Waals surface area contributed by atoms with E-state index in [2.05, 4.69) is 15.2 Å². The molecule has 0 bridgehead atoms. The molecule has 1 amide bonds. The Balaban J connectivity index is 1.67. The van der Waals surface area contributed by atoms with E-state index in [1.54, 1.807) is 25.1 Å². The van der Waals surface area contributed by atoms with E-state index in [-0.39, 0.29) is 11.9 Å². The van der Waals surface area contributed by atoms with Crippen molar-refractivity contribution in [3.63, 3.8) is 0 Å². The minimum Gasteiger partial charge on any atom is -0.497 e. The molecule has 0 aliphatic heterocycles. The molecule has 0 saturated heterocycles. The second kappa shape index (κ2) is 9.94. The number of likely N-dealkylation sites (N-methyl/N-ethyl adjacent to an activating group) is 1.